The van der Waals surface area contributed by atoms with Crippen LogP contribution in [0.25, 0.3) is 0 Å². The molecule has 0 spiro atoms. The first kappa shape index (κ1) is 13.7. The van der Waals surface area contributed by atoms with E-state index in [1.165, 1.54) is 11.8 Å². The average Bonchev–Trinajstić information content (AvgIpc) is 2.29. The van der Waals surface area contributed by atoms with Crippen molar-refractivity contribution in [1.82, 2.24) is 0 Å². The third kappa shape index (κ3) is 4.65. The summed E-state index contributed by atoms with van der Waals surface area (Å²) in [4.78, 5) is 11.6. The van der Waals surface area contributed by atoms with Crippen molar-refractivity contribution in [2.24, 2.45) is 0 Å². The van der Waals surface area contributed by atoms with Crippen LogP contribution in [0.2, 0.25) is 0 Å². The van der Waals surface area contributed by atoms with Gasteiger partial charge in [-0.25, -0.2) is 0 Å². The van der Waals surface area contributed by atoms with Crippen LogP contribution in [0, 0.1) is 0 Å². The van der Waals surface area contributed by atoms with Gasteiger partial charge in [-0.3, -0.25) is 4.79 Å². The van der Waals surface area contributed by atoms with Crippen molar-refractivity contribution in [3.63, 3.8) is 0 Å². The van der Waals surface area contributed by atoms with Crippen LogP contribution in [0.1, 0.15) is 10.4 Å². The quantitative estimate of drug-likeness (QED) is 0.786. The van der Waals surface area contributed by atoms with E-state index in [-0.39, 0.29) is 12.4 Å². The third-order valence-electron chi connectivity index (χ3n) is 1.92. The number of benzene rings is 1. The lowest BCUT2D eigenvalue weighted by molar-refractivity contribution is 0.102. The fourth-order valence-corrected chi connectivity index (χ4v) is 2.17. The minimum atomic E-state index is -0.747. The summed E-state index contributed by atoms with van der Waals surface area (Å²) in [5, 5.41) is 17.7. The number of thioether (sulfide) groups is 1. The number of halogens is 1. The van der Waals surface area contributed by atoms with Crippen molar-refractivity contribution < 1.29 is 15.0 Å². The van der Waals surface area contributed by atoms with Crippen LogP contribution in [-0.4, -0.2) is 40.2 Å². The van der Waals surface area contributed by atoms with Crippen molar-refractivity contribution in [2.45, 2.75) is 6.10 Å². The number of hydrogen-bond donors (Lipinski definition) is 2. The second kappa shape index (κ2) is 7.06. The van der Waals surface area contributed by atoms with E-state index in [2.05, 4.69) is 15.9 Å². The molecule has 2 N–H and O–H groups in total. The number of carbonyl (C=O) groups excluding carboxylic acids is 1. The Bertz CT molecular complexity index is 340. The highest BCUT2D eigenvalue weighted by Gasteiger charge is 2.07. The summed E-state index contributed by atoms with van der Waals surface area (Å²) in [6, 6.07) is 7.16. The molecule has 3 nitrogen and oxygen atoms in total. The van der Waals surface area contributed by atoms with Crippen molar-refractivity contribution in [3.05, 3.63) is 34.3 Å². The zero-order valence-corrected chi connectivity index (χ0v) is 11.0. The Labute approximate surface area is 107 Å². The molecule has 0 bridgehead atoms. The number of ketones is 1. The summed E-state index contributed by atoms with van der Waals surface area (Å²) in [5.41, 5.74) is 0.661. The molecule has 0 heterocycles. The fourth-order valence-electron chi connectivity index (χ4n) is 1.06. The molecule has 16 heavy (non-hydrogen) atoms. The van der Waals surface area contributed by atoms with Crippen LogP contribution in [-0.2, 0) is 0 Å². The molecule has 1 aromatic rings. The van der Waals surface area contributed by atoms with Crippen LogP contribution >= 0.6 is 27.7 Å². The van der Waals surface area contributed by atoms with Gasteiger partial charge in [0.25, 0.3) is 0 Å². The second-order valence-corrected chi connectivity index (χ2v) is 5.23. The van der Waals surface area contributed by atoms with Gasteiger partial charge in [-0.05, 0) is 12.1 Å². The Kier molecular flexibility index (Phi) is 6.05. The predicted octanol–water partition coefficient (Wildman–Crippen LogP) is 1.72. The lowest BCUT2D eigenvalue weighted by Gasteiger charge is -2.05. The number of aliphatic hydroxyl groups excluding tert-OH is 2. The normalized spacial score (nSPS) is 12.4. The topological polar surface area (TPSA) is 57.5 Å². The van der Waals surface area contributed by atoms with Crippen molar-refractivity contribution in [3.8, 4) is 0 Å². The molecular weight excluding hydrogens is 292 g/mol. The highest BCUT2D eigenvalue weighted by Crippen LogP contribution is 2.13. The molecule has 1 rings (SSSR count). The van der Waals surface area contributed by atoms with E-state index in [0.717, 1.165) is 4.47 Å². The summed E-state index contributed by atoms with van der Waals surface area (Å²) in [5.74, 6) is 0.722. The summed E-state index contributed by atoms with van der Waals surface area (Å²) in [6.07, 6.45) is -0.747. The molecular formula is C11H13BrO3S. The van der Waals surface area contributed by atoms with Crippen LogP contribution in [0.4, 0.5) is 0 Å². The Morgan fingerprint density at radius 3 is 2.56 bits per heavy atom. The number of hydrogen-bond acceptors (Lipinski definition) is 4. The Morgan fingerprint density at radius 1 is 1.38 bits per heavy atom. The van der Waals surface area contributed by atoms with E-state index < -0.39 is 6.10 Å². The first-order chi connectivity index (χ1) is 7.63. The maximum absolute atomic E-state index is 11.6. The summed E-state index contributed by atoms with van der Waals surface area (Å²) in [6.45, 7) is -0.264. The highest BCUT2D eigenvalue weighted by atomic mass is 79.9. The van der Waals surface area contributed by atoms with Gasteiger partial charge >= 0.3 is 0 Å². The largest absolute Gasteiger partial charge is 0.394 e. The monoisotopic (exact) mass is 304 g/mol. The van der Waals surface area contributed by atoms with E-state index in [1.54, 1.807) is 12.1 Å². The lowest BCUT2D eigenvalue weighted by atomic mass is 10.2. The van der Waals surface area contributed by atoms with Crippen molar-refractivity contribution in [1.29, 1.82) is 0 Å². The standard InChI is InChI=1S/C11H13BrO3S/c12-9-3-1-8(2-4-9)11(15)7-16-6-10(14)5-13/h1-4,10,13-14H,5-7H2. The predicted molar refractivity (Wildman–Crippen MR) is 68.9 cm³/mol. The summed E-state index contributed by atoms with van der Waals surface area (Å²) >= 11 is 4.62. The molecule has 0 radical (unpaired) electrons. The molecule has 0 aliphatic rings. The van der Waals surface area contributed by atoms with Gasteiger partial charge in [-0.1, -0.05) is 28.1 Å². The maximum Gasteiger partial charge on any atom is 0.172 e. The molecule has 0 aliphatic heterocycles. The molecule has 88 valence electrons. The van der Waals surface area contributed by atoms with Gasteiger partial charge < -0.3 is 10.2 Å². The zero-order valence-electron chi connectivity index (χ0n) is 8.60. The Morgan fingerprint density at radius 2 is 2.00 bits per heavy atom. The van der Waals surface area contributed by atoms with Crippen LogP contribution in [0.15, 0.2) is 28.7 Å². The first-order valence-electron chi connectivity index (χ1n) is 4.79. The molecule has 1 atom stereocenters. The maximum atomic E-state index is 11.6. The van der Waals surface area contributed by atoms with Gasteiger partial charge in [0.05, 0.1) is 18.5 Å². The molecule has 5 heteroatoms. The van der Waals surface area contributed by atoms with Crippen LogP contribution in [0.5, 0.6) is 0 Å². The Balaban J connectivity index is 2.38. The van der Waals surface area contributed by atoms with Crippen molar-refractivity contribution in [2.75, 3.05) is 18.1 Å². The van der Waals surface area contributed by atoms with Gasteiger partial charge in [0, 0.05) is 15.8 Å². The van der Waals surface area contributed by atoms with E-state index in [4.69, 9.17) is 10.2 Å². The molecule has 1 aromatic carbocycles. The van der Waals surface area contributed by atoms with E-state index in [9.17, 15) is 4.79 Å². The van der Waals surface area contributed by atoms with Gasteiger partial charge in [0.1, 0.15) is 0 Å². The molecule has 0 amide bonds. The van der Waals surface area contributed by atoms with Crippen LogP contribution in [0.3, 0.4) is 0 Å². The van der Waals surface area contributed by atoms with Gasteiger partial charge in [0.2, 0.25) is 0 Å². The van der Waals surface area contributed by atoms with Crippen molar-refractivity contribution >= 4 is 33.5 Å². The average molecular weight is 305 g/mol. The van der Waals surface area contributed by atoms with Gasteiger partial charge in [0.15, 0.2) is 5.78 Å². The smallest absolute Gasteiger partial charge is 0.172 e. The molecule has 0 aliphatic carbocycles. The number of carbonyl (C=O) groups is 1. The Hall–Kier alpha value is -0.360. The molecule has 1 unspecified atom stereocenters. The number of rotatable bonds is 6. The second-order valence-electron chi connectivity index (χ2n) is 3.28. The number of Topliss-reactive ketones (excluding diaryl/α,β-unsaturated/α-hetero) is 1. The molecule has 0 aromatic heterocycles. The molecule has 0 saturated carbocycles. The minimum Gasteiger partial charge on any atom is -0.394 e. The van der Waals surface area contributed by atoms with E-state index in [0.29, 0.717) is 17.1 Å². The fraction of sp³-hybridized carbons (Fsp3) is 0.364. The zero-order chi connectivity index (χ0) is 12.0. The number of aliphatic hydroxyl groups is 2. The van der Waals surface area contributed by atoms with Gasteiger partial charge in [-0.2, -0.15) is 11.8 Å². The van der Waals surface area contributed by atoms with Crippen LogP contribution < -0.4 is 0 Å². The summed E-state index contributed by atoms with van der Waals surface area (Å²) < 4.78 is 0.937. The SMILES string of the molecule is O=C(CSCC(O)CO)c1ccc(Br)cc1. The minimum absolute atomic E-state index is 0.0302. The van der Waals surface area contributed by atoms with E-state index >= 15 is 0 Å². The molecule has 0 fully saturated rings. The first-order valence-corrected chi connectivity index (χ1v) is 6.73. The van der Waals surface area contributed by atoms with Gasteiger partial charge in [-0.15, -0.1) is 0 Å². The third-order valence-corrected chi connectivity index (χ3v) is 3.54. The highest BCUT2D eigenvalue weighted by molar-refractivity contribution is 9.10. The molecule has 0 saturated heterocycles. The lowest BCUT2D eigenvalue weighted by Crippen LogP contribution is -2.16. The van der Waals surface area contributed by atoms with E-state index in [1.807, 2.05) is 12.1 Å². The summed E-state index contributed by atoms with van der Waals surface area (Å²) in [7, 11) is 0.